The molecule has 3 nitrogen and oxygen atoms in total. The Balaban J connectivity index is 2.19. The Hall–Kier alpha value is -1.50. The van der Waals surface area contributed by atoms with Crippen LogP contribution in [0.25, 0.3) is 0 Å². The molecule has 2 rings (SSSR count). The second-order valence-corrected chi connectivity index (χ2v) is 6.65. The van der Waals surface area contributed by atoms with Gasteiger partial charge in [-0.2, -0.15) is 0 Å². The van der Waals surface area contributed by atoms with Crippen LogP contribution in [0.5, 0.6) is 0 Å². The van der Waals surface area contributed by atoms with Gasteiger partial charge in [0.15, 0.2) is 0 Å². The molecule has 2 aromatic rings. The molecule has 2 aromatic carbocycles. The maximum atomic E-state index is 13.6. The lowest BCUT2D eigenvalue weighted by molar-refractivity contribution is 0.556. The van der Waals surface area contributed by atoms with Gasteiger partial charge in [-0.1, -0.05) is 23.7 Å². The Morgan fingerprint density at radius 1 is 1.10 bits per heavy atom. The number of halogens is 3. The molecule has 0 atom stereocenters. The zero-order valence-corrected chi connectivity index (χ0v) is 12.6. The predicted molar refractivity (Wildman–Crippen MR) is 76.6 cm³/mol. The van der Waals surface area contributed by atoms with E-state index in [0.717, 1.165) is 12.1 Å². The van der Waals surface area contributed by atoms with Crippen LogP contribution in [0, 0.1) is 18.6 Å². The van der Waals surface area contributed by atoms with Crippen LogP contribution >= 0.6 is 11.6 Å². The Kier molecular flexibility index (Phi) is 4.61. The Bertz CT molecular complexity index is 779. The molecule has 0 saturated heterocycles. The smallest absolute Gasteiger partial charge is 0.207 e. The van der Waals surface area contributed by atoms with E-state index in [-0.39, 0.29) is 11.6 Å². The van der Waals surface area contributed by atoms with Gasteiger partial charge in [0.25, 0.3) is 0 Å². The molecule has 0 spiro atoms. The third-order valence-electron chi connectivity index (χ3n) is 2.89. The number of sulfonamides is 1. The number of hydrogen-bond acceptors (Lipinski definition) is 2. The molecule has 0 radical (unpaired) electrons. The van der Waals surface area contributed by atoms with Crippen LogP contribution in [0.15, 0.2) is 41.3 Å². The third kappa shape index (κ3) is 3.78. The third-order valence-corrected chi connectivity index (χ3v) is 4.56. The summed E-state index contributed by atoms with van der Waals surface area (Å²) in [5, 5.41) is 0.104. The van der Waals surface area contributed by atoms with Crippen LogP contribution in [-0.4, -0.2) is 8.42 Å². The van der Waals surface area contributed by atoms with Crippen molar-refractivity contribution in [3.05, 3.63) is 64.2 Å². The van der Waals surface area contributed by atoms with Crippen LogP contribution in [0.1, 0.15) is 11.1 Å². The molecule has 0 aliphatic heterocycles. The molecule has 112 valence electrons. The van der Waals surface area contributed by atoms with Crippen molar-refractivity contribution >= 4 is 21.6 Å². The van der Waals surface area contributed by atoms with Gasteiger partial charge in [0.2, 0.25) is 10.0 Å². The van der Waals surface area contributed by atoms with E-state index in [0.29, 0.717) is 11.1 Å². The Labute approximate surface area is 126 Å². The molecule has 7 heteroatoms. The van der Waals surface area contributed by atoms with E-state index in [2.05, 4.69) is 4.72 Å². The average Bonchev–Trinajstić information content (AvgIpc) is 2.40. The SMILES string of the molecule is Cc1ccc(CNS(=O)(=O)c2ccc(Cl)cc2F)cc1F. The van der Waals surface area contributed by atoms with Crippen LogP contribution in [-0.2, 0) is 16.6 Å². The molecule has 0 fully saturated rings. The standard InChI is InChI=1S/C14H12ClF2NO2S/c1-9-2-3-10(6-12(9)16)8-18-21(19,20)14-5-4-11(15)7-13(14)17/h2-7,18H,8H2,1H3. The number of hydrogen-bond donors (Lipinski definition) is 1. The quantitative estimate of drug-likeness (QED) is 0.933. The molecule has 21 heavy (non-hydrogen) atoms. The first-order valence-corrected chi connectivity index (χ1v) is 7.85. The van der Waals surface area contributed by atoms with Crippen molar-refractivity contribution in [2.75, 3.05) is 0 Å². The molecule has 0 aliphatic carbocycles. The molecule has 0 saturated carbocycles. The van der Waals surface area contributed by atoms with Crippen molar-refractivity contribution in [2.24, 2.45) is 0 Å². The zero-order chi connectivity index (χ0) is 15.6. The monoisotopic (exact) mass is 331 g/mol. The van der Waals surface area contributed by atoms with E-state index in [1.807, 2.05) is 0 Å². The summed E-state index contributed by atoms with van der Waals surface area (Å²) in [5.74, 6) is -1.37. The number of rotatable bonds is 4. The number of benzene rings is 2. The predicted octanol–water partition coefficient (Wildman–Crippen LogP) is 3.41. The van der Waals surface area contributed by atoms with Gasteiger partial charge in [0.05, 0.1) is 0 Å². The fraction of sp³-hybridized carbons (Fsp3) is 0.143. The molecule has 0 heterocycles. The Morgan fingerprint density at radius 3 is 2.43 bits per heavy atom. The molecule has 1 N–H and O–H groups in total. The van der Waals surface area contributed by atoms with Crippen molar-refractivity contribution < 1.29 is 17.2 Å². The van der Waals surface area contributed by atoms with E-state index >= 15 is 0 Å². The highest BCUT2D eigenvalue weighted by Gasteiger charge is 2.19. The van der Waals surface area contributed by atoms with Crippen LogP contribution in [0.4, 0.5) is 8.78 Å². The van der Waals surface area contributed by atoms with Crippen molar-refractivity contribution in [1.29, 1.82) is 0 Å². The normalized spacial score (nSPS) is 11.6. The van der Waals surface area contributed by atoms with Crippen molar-refractivity contribution in [2.45, 2.75) is 18.4 Å². The number of aryl methyl sites for hydroxylation is 1. The fourth-order valence-electron chi connectivity index (χ4n) is 1.70. The van der Waals surface area contributed by atoms with E-state index in [1.165, 1.54) is 12.1 Å². The van der Waals surface area contributed by atoms with Gasteiger partial charge in [0, 0.05) is 11.6 Å². The van der Waals surface area contributed by atoms with Gasteiger partial charge in [0.1, 0.15) is 16.5 Å². The Morgan fingerprint density at radius 2 is 1.81 bits per heavy atom. The van der Waals surface area contributed by atoms with Crippen LogP contribution in [0.3, 0.4) is 0 Å². The van der Waals surface area contributed by atoms with Crippen LogP contribution < -0.4 is 4.72 Å². The lowest BCUT2D eigenvalue weighted by Gasteiger charge is -2.08. The first kappa shape index (κ1) is 15.9. The summed E-state index contributed by atoms with van der Waals surface area (Å²) >= 11 is 5.58. The molecular formula is C14H12ClF2NO2S. The lowest BCUT2D eigenvalue weighted by Crippen LogP contribution is -2.24. The summed E-state index contributed by atoms with van der Waals surface area (Å²) in [6.45, 7) is 1.47. The van der Waals surface area contributed by atoms with Crippen molar-refractivity contribution in [1.82, 2.24) is 4.72 Å². The van der Waals surface area contributed by atoms with Gasteiger partial charge in [-0.05, 0) is 42.3 Å². The molecule has 0 aliphatic rings. The first-order chi connectivity index (χ1) is 9.79. The summed E-state index contributed by atoms with van der Waals surface area (Å²) in [5.41, 5.74) is 0.904. The minimum absolute atomic E-state index is 0.104. The highest BCUT2D eigenvalue weighted by atomic mass is 35.5. The van der Waals surface area contributed by atoms with E-state index < -0.39 is 26.6 Å². The fourth-order valence-corrected chi connectivity index (χ4v) is 2.93. The summed E-state index contributed by atoms with van der Waals surface area (Å²) in [4.78, 5) is -0.500. The van der Waals surface area contributed by atoms with E-state index in [1.54, 1.807) is 19.1 Å². The molecule has 0 aromatic heterocycles. The average molecular weight is 332 g/mol. The van der Waals surface area contributed by atoms with Gasteiger partial charge < -0.3 is 0 Å². The summed E-state index contributed by atoms with van der Waals surface area (Å²) < 4.78 is 53.2. The van der Waals surface area contributed by atoms with Crippen molar-refractivity contribution in [3.63, 3.8) is 0 Å². The summed E-state index contributed by atoms with van der Waals surface area (Å²) in [7, 11) is -4.03. The van der Waals surface area contributed by atoms with Crippen LogP contribution in [0.2, 0.25) is 5.02 Å². The second-order valence-electron chi connectivity index (χ2n) is 4.48. The molecular weight excluding hydrogens is 320 g/mol. The molecule has 0 unspecified atom stereocenters. The van der Waals surface area contributed by atoms with Gasteiger partial charge in [-0.25, -0.2) is 21.9 Å². The van der Waals surface area contributed by atoms with E-state index in [4.69, 9.17) is 11.6 Å². The maximum Gasteiger partial charge on any atom is 0.243 e. The van der Waals surface area contributed by atoms with E-state index in [9.17, 15) is 17.2 Å². The van der Waals surface area contributed by atoms with Crippen molar-refractivity contribution in [3.8, 4) is 0 Å². The minimum Gasteiger partial charge on any atom is -0.207 e. The molecule has 0 amide bonds. The topological polar surface area (TPSA) is 46.2 Å². The highest BCUT2D eigenvalue weighted by molar-refractivity contribution is 7.89. The van der Waals surface area contributed by atoms with Gasteiger partial charge >= 0.3 is 0 Å². The number of nitrogens with one attached hydrogen (secondary N) is 1. The lowest BCUT2D eigenvalue weighted by atomic mass is 10.1. The molecule has 0 bridgehead atoms. The first-order valence-electron chi connectivity index (χ1n) is 5.99. The zero-order valence-electron chi connectivity index (χ0n) is 11.0. The second kappa shape index (κ2) is 6.09. The summed E-state index contributed by atoms with van der Waals surface area (Å²) in [6.07, 6.45) is 0. The highest BCUT2D eigenvalue weighted by Crippen LogP contribution is 2.19. The van der Waals surface area contributed by atoms with Gasteiger partial charge in [-0.15, -0.1) is 0 Å². The largest absolute Gasteiger partial charge is 0.243 e. The maximum absolute atomic E-state index is 13.6. The van der Waals surface area contributed by atoms with Gasteiger partial charge in [-0.3, -0.25) is 0 Å². The minimum atomic E-state index is -4.03. The summed E-state index contributed by atoms with van der Waals surface area (Å²) in [6, 6.07) is 7.65.